The Morgan fingerprint density at radius 1 is 1.25 bits per heavy atom. The van der Waals surface area contributed by atoms with Crippen molar-refractivity contribution in [2.75, 3.05) is 18.0 Å². The molecule has 0 fully saturated rings. The Kier molecular flexibility index (Phi) is 3.58. The maximum atomic E-state index is 4.00. The summed E-state index contributed by atoms with van der Waals surface area (Å²) in [7, 11) is 0. The minimum absolute atomic E-state index is 1.07. The van der Waals surface area contributed by atoms with Gasteiger partial charge in [-0.05, 0) is 25.5 Å². The minimum atomic E-state index is 1.07. The van der Waals surface area contributed by atoms with E-state index in [0.717, 1.165) is 13.1 Å². The van der Waals surface area contributed by atoms with Crippen LogP contribution >= 0.6 is 0 Å². The monoisotopic (exact) mass is 164 g/mol. The standard InChI is InChI=1S/C10H16N2/c1-3-9-12(4-2)10-5-7-11-8-6-10/h5-8H,3-4,9H2,1-2H3. The largest absolute Gasteiger partial charge is 0.372 e. The Labute approximate surface area is 74.2 Å². The van der Waals surface area contributed by atoms with E-state index < -0.39 is 0 Å². The first-order valence-corrected chi connectivity index (χ1v) is 4.53. The van der Waals surface area contributed by atoms with Gasteiger partial charge < -0.3 is 4.90 Å². The van der Waals surface area contributed by atoms with E-state index in [4.69, 9.17) is 0 Å². The lowest BCUT2D eigenvalue weighted by Gasteiger charge is -2.21. The summed E-state index contributed by atoms with van der Waals surface area (Å²) in [5.74, 6) is 0. The zero-order valence-electron chi connectivity index (χ0n) is 7.83. The Morgan fingerprint density at radius 2 is 1.92 bits per heavy atom. The Hall–Kier alpha value is -1.05. The van der Waals surface area contributed by atoms with E-state index in [1.165, 1.54) is 12.1 Å². The van der Waals surface area contributed by atoms with Crippen LogP contribution in [0.25, 0.3) is 0 Å². The summed E-state index contributed by atoms with van der Waals surface area (Å²) in [4.78, 5) is 6.34. The lowest BCUT2D eigenvalue weighted by molar-refractivity contribution is 0.791. The van der Waals surface area contributed by atoms with Crippen LogP contribution < -0.4 is 4.90 Å². The van der Waals surface area contributed by atoms with Crippen molar-refractivity contribution < 1.29 is 0 Å². The molecule has 0 radical (unpaired) electrons. The molecule has 0 aliphatic rings. The van der Waals surface area contributed by atoms with E-state index >= 15 is 0 Å². The van der Waals surface area contributed by atoms with Crippen LogP contribution in [0.1, 0.15) is 20.3 Å². The van der Waals surface area contributed by atoms with E-state index in [1.54, 1.807) is 0 Å². The number of hydrogen-bond donors (Lipinski definition) is 0. The number of hydrogen-bond acceptors (Lipinski definition) is 2. The molecule has 1 aromatic heterocycles. The number of nitrogens with zero attached hydrogens (tertiary/aromatic N) is 2. The molecule has 66 valence electrons. The Bertz CT molecular complexity index is 208. The molecule has 0 spiro atoms. The van der Waals surface area contributed by atoms with Crippen LogP contribution in [0.3, 0.4) is 0 Å². The molecular weight excluding hydrogens is 148 g/mol. The van der Waals surface area contributed by atoms with Crippen molar-refractivity contribution in [1.29, 1.82) is 0 Å². The van der Waals surface area contributed by atoms with Crippen molar-refractivity contribution in [2.24, 2.45) is 0 Å². The molecular formula is C10H16N2. The predicted octanol–water partition coefficient (Wildman–Crippen LogP) is 2.32. The molecule has 0 bridgehead atoms. The molecule has 0 saturated heterocycles. The quantitative estimate of drug-likeness (QED) is 0.679. The van der Waals surface area contributed by atoms with Crippen molar-refractivity contribution in [3.63, 3.8) is 0 Å². The minimum Gasteiger partial charge on any atom is -0.372 e. The molecule has 0 amide bonds. The van der Waals surface area contributed by atoms with Gasteiger partial charge in [-0.1, -0.05) is 6.92 Å². The van der Waals surface area contributed by atoms with Crippen LogP contribution in [-0.2, 0) is 0 Å². The maximum absolute atomic E-state index is 4.00. The van der Waals surface area contributed by atoms with Gasteiger partial charge in [0.25, 0.3) is 0 Å². The van der Waals surface area contributed by atoms with E-state index in [-0.39, 0.29) is 0 Å². The fourth-order valence-corrected chi connectivity index (χ4v) is 1.29. The second-order valence-corrected chi connectivity index (χ2v) is 2.79. The summed E-state index contributed by atoms with van der Waals surface area (Å²) in [5.41, 5.74) is 1.27. The third-order valence-corrected chi connectivity index (χ3v) is 1.90. The highest BCUT2D eigenvalue weighted by molar-refractivity contribution is 5.44. The van der Waals surface area contributed by atoms with E-state index in [9.17, 15) is 0 Å². The zero-order chi connectivity index (χ0) is 8.81. The molecule has 2 nitrogen and oxygen atoms in total. The van der Waals surface area contributed by atoms with Crippen LogP contribution in [0.15, 0.2) is 24.5 Å². The lowest BCUT2D eigenvalue weighted by Crippen LogP contribution is -2.23. The van der Waals surface area contributed by atoms with Gasteiger partial charge in [0.2, 0.25) is 0 Å². The second-order valence-electron chi connectivity index (χ2n) is 2.79. The lowest BCUT2D eigenvalue weighted by atomic mass is 10.3. The van der Waals surface area contributed by atoms with Gasteiger partial charge in [0.05, 0.1) is 0 Å². The SMILES string of the molecule is CCCN(CC)c1ccncc1. The van der Waals surface area contributed by atoms with E-state index in [1.807, 2.05) is 12.4 Å². The summed E-state index contributed by atoms with van der Waals surface area (Å²) < 4.78 is 0. The molecule has 1 aromatic rings. The molecule has 0 saturated carbocycles. The zero-order valence-corrected chi connectivity index (χ0v) is 7.83. The fourth-order valence-electron chi connectivity index (χ4n) is 1.29. The first-order valence-electron chi connectivity index (χ1n) is 4.53. The normalized spacial score (nSPS) is 9.83. The predicted molar refractivity (Wildman–Crippen MR) is 52.4 cm³/mol. The molecule has 0 aromatic carbocycles. The van der Waals surface area contributed by atoms with Crippen molar-refractivity contribution in [3.8, 4) is 0 Å². The van der Waals surface area contributed by atoms with Gasteiger partial charge in [0, 0.05) is 31.2 Å². The summed E-state index contributed by atoms with van der Waals surface area (Å²) in [6.07, 6.45) is 4.87. The highest BCUT2D eigenvalue weighted by atomic mass is 15.1. The summed E-state index contributed by atoms with van der Waals surface area (Å²) >= 11 is 0. The van der Waals surface area contributed by atoms with Crippen molar-refractivity contribution in [3.05, 3.63) is 24.5 Å². The summed E-state index contributed by atoms with van der Waals surface area (Å²) in [5, 5.41) is 0. The van der Waals surface area contributed by atoms with Crippen molar-refractivity contribution in [1.82, 2.24) is 4.98 Å². The topological polar surface area (TPSA) is 16.1 Å². The van der Waals surface area contributed by atoms with Gasteiger partial charge in [-0.2, -0.15) is 0 Å². The van der Waals surface area contributed by atoms with Gasteiger partial charge in [-0.25, -0.2) is 0 Å². The van der Waals surface area contributed by atoms with E-state index in [0.29, 0.717) is 0 Å². The third-order valence-electron chi connectivity index (χ3n) is 1.90. The molecule has 12 heavy (non-hydrogen) atoms. The van der Waals surface area contributed by atoms with Gasteiger partial charge in [0.1, 0.15) is 0 Å². The van der Waals surface area contributed by atoms with Gasteiger partial charge in [0.15, 0.2) is 0 Å². The van der Waals surface area contributed by atoms with Crippen LogP contribution in [0.5, 0.6) is 0 Å². The number of pyridine rings is 1. The van der Waals surface area contributed by atoms with Gasteiger partial charge in [-0.15, -0.1) is 0 Å². The average Bonchev–Trinajstić information content (AvgIpc) is 2.15. The Morgan fingerprint density at radius 3 is 2.42 bits per heavy atom. The van der Waals surface area contributed by atoms with E-state index in [2.05, 4.69) is 35.9 Å². The van der Waals surface area contributed by atoms with Crippen molar-refractivity contribution >= 4 is 5.69 Å². The molecule has 0 atom stereocenters. The van der Waals surface area contributed by atoms with Crippen LogP contribution in [0.2, 0.25) is 0 Å². The van der Waals surface area contributed by atoms with Crippen molar-refractivity contribution in [2.45, 2.75) is 20.3 Å². The van der Waals surface area contributed by atoms with Gasteiger partial charge >= 0.3 is 0 Å². The van der Waals surface area contributed by atoms with Crippen LogP contribution in [-0.4, -0.2) is 18.1 Å². The average molecular weight is 164 g/mol. The fraction of sp³-hybridized carbons (Fsp3) is 0.500. The number of rotatable bonds is 4. The molecule has 0 N–H and O–H groups in total. The van der Waals surface area contributed by atoms with Crippen LogP contribution in [0, 0.1) is 0 Å². The highest BCUT2D eigenvalue weighted by Crippen LogP contribution is 2.11. The number of anilines is 1. The highest BCUT2D eigenvalue weighted by Gasteiger charge is 2.00. The summed E-state index contributed by atoms with van der Waals surface area (Å²) in [6, 6.07) is 4.11. The smallest absolute Gasteiger partial charge is 0.0396 e. The molecule has 1 heterocycles. The Balaban J connectivity index is 2.66. The second kappa shape index (κ2) is 4.75. The molecule has 0 aliphatic heterocycles. The molecule has 1 rings (SSSR count). The van der Waals surface area contributed by atoms with Gasteiger partial charge in [-0.3, -0.25) is 4.98 Å². The third kappa shape index (κ3) is 2.22. The molecule has 0 unspecified atom stereocenters. The first-order chi connectivity index (χ1) is 5.88. The molecule has 0 aliphatic carbocycles. The molecule has 2 heteroatoms. The summed E-state index contributed by atoms with van der Waals surface area (Å²) in [6.45, 7) is 6.57. The maximum Gasteiger partial charge on any atom is 0.0396 e. The van der Waals surface area contributed by atoms with Crippen LogP contribution in [0.4, 0.5) is 5.69 Å². The number of aromatic nitrogens is 1. The first kappa shape index (κ1) is 9.04.